The van der Waals surface area contributed by atoms with Gasteiger partial charge in [0, 0.05) is 36.6 Å². The molecule has 2 fully saturated rings. The van der Waals surface area contributed by atoms with Crippen LogP contribution in [0.2, 0.25) is 0 Å². The van der Waals surface area contributed by atoms with E-state index in [0.717, 1.165) is 67.4 Å². The second-order valence-corrected chi connectivity index (χ2v) is 11.6. The lowest BCUT2D eigenvalue weighted by molar-refractivity contribution is 0.0493. The number of aromatic nitrogens is 1. The van der Waals surface area contributed by atoms with Gasteiger partial charge in [-0.05, 0) is 85.2 Å². The number of hydrogen-bond donors (Lipinski definition) is 3. The number of piperidine rings is 1. The van der Waals surface area contributed by atoms with Crippen LogP contribution in [0.25, 0.3) is 0 Å². The van der Waals surface area contributed by atoms with Gasteiger partial charge in [0.25, 0.3) is 5.91 Å². The van der Waals surface area contributed by atoms with Crippen LogP contribution in [-0.4, -0.2) is 41.0 Å². The van der Waals surface area contributed by atoms with Crippen LogP contribution in [0.15, 0.2) is 66.9 Å². The molecule has 7 heteroatoms. The molecule has 0 spiro atoms. The Kier molecular flexibility index (Phi) is 9.57. The third-order valence-corrected chi connectivity index (χ3v) is 9.11. The Morgan fingerprint density at radius 1 is 1.02 bits per heavy atom. The molecule has 5 rings (SSSR count). The summed E-state index contributed by atoms with van der Waals surface area (Å²) >= 11 is 0. The molecule has 2 unspecified atom stereocenters. The van der Waals surface area contributed by atoms with E-state index < -0.39 is 6.04 Å². The van der Waals surface area contributed by atoms with E-state index in [0.29, 0.717) is 11.3 Å². The number of amides is 1. The van der Waals surface area contributed by atoms with E-state index in [1.54, 1.807) is 18.3 Å². The van der Waals surface area contributed by atoms with E-state index in [4.69, 9.17) is 16.2 Å². The van der Waals surface area contributed by atoms with Gasteiger partial charge in [-0.15, -0.1) is 0 Å². The number of likely N-dealkylation sites (tertiary alicyclic amines) is 1. The van der Waals surface area contributed by atoms with Gasteiger partial charge in [0.1, 0.15) is 11.9 Å². The van der Waals surface area contributed by atoms with Crippen molar-refractivity contribution in [3.8, 4) is 5.75 Å². The Labute approximate surface area is 244 Å². The molecule has 1 saturated carbocycles. The van der Waals surface area contributed by atoms with Crippen LogP contribution in [-0.2, 0) is 0 Å². The average molecular weight is 556 g/mol. The van der Waals surface area contributed by atoms with Crippen LogP contribution in [0.4, 0.5) is 5.69 Å². The highest BCUT2D eigenvalue weighted by Crippen LogP contribution is 2.31. The van der Waals surface area contributed by atoms with E-state index in [-0.39, 0.29) is 24.0 Å². The van der Waals surface area contributed by atoms with Crippen molar-refractivity contribution in [2.45, 2.75) is 83.0 Å². The molecular formula is C34H45N5O2. The zero-order valence-electron chi connectivity index (χ0n) is 24.5. The third kappa shape index (κ3) is 6.91. The lowest BCUT2D eigenvalue weighted by atomic mass is 9.90. The first-order chi connectivity index (χ1) is 20.0. The maximum atomic E-state index is 13.5. The summed E-state index contributed by atoms with van der Waals surface area (Å²) in [4.78, 5) is 20.6. The van der Waals surface area contributed by atoms with Gasteiger partial charge in [-0.1, -0.05) is 51.3 Å². The molecule has 2 aromatic carbocycles. The first-order valence-electron chi connectivity index (χ1n) is 15.3. The van der Waals surface area contributed by atoms with E-state index in [2.05, 4.69) is 29.0 Å². The van der Waals surface area contributed by atoms with Crippen LogP contribution in [0.1, 0.15) is 98.1 Å². The molecule has 1 aromatic heterocycles. The van der Waals surface area contributed by atoms with Crippen molar-refractivity contribution in [3.63, 3.8) is 0 Å². The Balaban J connectivity index is 1.24. The van der Waals surface area contributed by atoms with E-state index >= 15 is 0 Å². The van der Waals surface area contributed by atoms with E-state index in [1.807, 2.05) is 48.5 Å². The number of pyridine rings is 1. The Hall–Kier alpha value is -3.42. The number of ether oxygens (including phenoxy) is 1. The van der Waals surface area contributed by atoms with Gasteiger partial charge in [-0.25, -0.2) is 0 Å². The van der Waals surface area contributed by atoms with Gasteiger partial charge in [0.2, 0.25) is 0 Å². The molecule has 3 aromatic rings. The zero-order valence-corrected chi connectivity index (χ0v) is 24.5. The summed E-state index contributed by atoms with van der Waals surface area (Å²) in [6, 6.07) is 19.3. The van der Waals surface area contributed by atoms with E-state index in [9.17, 15) is 4.79 Å². The first-order valence-corrected chi connectivity index (χ1v) is 15.3. The van der Waals surface area contributed by atoms with Crippen molar-refractivity contribution < 1.29 is 9.53 Å². The minimum Gasteiger partial charge on any atom is -0.490 e. The van der Waals surface area contributed by atoms with Gasteiger partial charge >= 0.3 is 0 Å². The summed E-state index contributed by atoms with van der Waals surface area (Å²) in [5.74, 6) is 0.986. The predicted octanol–water partition coefficient (Wildman–Crippen LogP) is 6.01. The second-order valence-electron chi connectivity index (χ2n) is 11.6. The van der Waals surface area contributed by atoms with Crippen molar-refractivity contribution in [1.29, 1.82) is 0 Å². The molecule has 1 aliphatic heterocycles. The van der Waals surface area contributed by atoms with Crippen molar-refractivity contribution in [2.24, 2.45) is 11.7 Å². The second kappa shape index (κ2) is 13.5. The molecule has 5 N–H and O–H groups in total. The number of anilines is 1. The standard InChI is InChI=1S/C34H45N5O2/c1-3-23(4-2)33(31-10-5-6-19-37-31)38-34(40)25-13-16-30(35)29(22-25)32(36)24-11-14-27(15-12-24)41-28-17-20-39(21-18-28)26-8-7-9-26/h5-6,10-16,19,22-23,26,28,32-33H,3-4,7-9,17-18,20-21,35-36H2,1-2H3,(H,38,40). The predicted molar refractivity (Wildman–Crippen MR) is 165 cm³/mol. The molecular weight excluding hydrogens is 510 g/mol. The maximum Gasteiger partial charge on any atom is 0.251 e. The number of hydrogen-bond acceptors (Lipinski definition) is 6. The van der Waals surface area contributed by atoms with Crippen LogP contribution >= 0.6 is 0 Å². The third-order valence-electron chi connectivity index (χ3n) is 9.11. The first kappa shape index (κ1) is 29.1. The summed E-state index contributed by atoms with van der Waals surface area (Å²) in [5, 5.41) is 3.24. The quantitative estimate of drug-likeness (QED) is 0.250. The summed E-state index contributed by atoms with van der Waals surface area (Å²) in [5.41, 5.74) is 16.7. The fourth-order valence-electron chi connectivity index (χ4n) is 6.20. The van der Waals surface area contributed by atoms with Crippen LogP contribution in [0.3, 0.4) is 0 Å². The molecule has 2 atom stereocenters. The number of carbonyl (C=O) groups excluding carboxylic acids is 1. The molecule has 1 amide bonds. The number of nitrogen functional groups attached to an aromatic ring is 1. The highest BCUT2D eigenvalue weighted by atomic mass is 16.5. The number of carbonyl (C=O) groups is 1. The Morgan fingerprint density at radius 3 is 2.37 bits per heavy atom. The lowest BCUT2D eigenvalue weighted by Gasteiger charge is -2.41. The maximum absolute atomic E-state index is 13.5. The van der Waals surface area contributed by atoms with Gasteiger partial charge in [0.05, 0.1) is 17.8 Å². The molecule has 1 aliphatic carbocycles. The summed E-state index contributed by atoms with van der Waals surface area (Å²) < 4.78 is 6.31. The number of nitrogens with one attached hydrogen (secondary N) is 1. The molecule has 218 valence electrons. The van der Waals surface area contributed by atoms with E-state index in [1.165, 1.54) is 19.3 Å². The monoisotopic (exact) mass is 555 g/mol. The topological polar surface area (TPSA) is 106 Å². The fourth-order valence-corrected chi connectivity index (χ4v) is 6.20. The van der Waals surface area contributed by atoms with Crippen molar-refractivity contribution in [1.82, 2.24) is 15.2 Å². The van der Waals surface area contributed by atoms with Crippen LogP contribution in [0.5, 0.6) is 5.75 Å². The average Bonchev–Trinajstić information content (AvgIpc) is 2.98. The highest BCUT2D eigenvalue weighted by Gasteiger charge is 2.29. The van der Waals surface area contributed by atoms with Gasteiger partial charge in [0.15, 0.2) is 0 Å². The van der Waals surface area contributed by atoms with Crippen LogP contribution < -0.4 is 21.5 Å². The van der Waals surface area contributed by atoms with Crippen molar-refractivity contribution in [3.05, 3.63) is 89.2 Å². The molecule has 1 saturated heterocycles. The van der Waals surface area contributed by atoms with Gasteiger partial charge < -0.3 is 26.4 Å². The van der Waals surface area contributed by atoms with Gasteiger partial charge in [-0.2, -0.15) is 0 Å². The molecule has 2 aliphatic rings. The normalized spacial score (nSPS) is 18.0. The van der Waals surface area contributed by atoms with Crippen molar-refractivity contribution in [2.75, 3.05) is 18.8 Å². The fraction of sp³-hybridized carbons (Fsp3) is 0.471. The molecule has 0 bridgehead atoms. The SMILES string of the molecule is CCC(CC)C(NC(=O)c1ccc(N)c(C(N)c2ccc(OC3CCN(C4CCC4)CC3)cc2)c1)c1ccccn1. The molecule has 0 radical (unpaired) electrons. The number of rotatable bonds is 11. The number of nitrogens with zero attached hydrogens (tertiary/aromatic N) is 2. The summed E-state index contributed by atoms with van der Waals surface area (Å²) in [6.07, 6.45) is 10.1. The van der Waals surface area contributed by atoms with Crippen molar-refractivity contribution >= 4 is 11.6 Å². The summed E-state index contributed by atoms with van der Waals surface area (Å²) in [7, 11) is 0. The van der Waals surface area contributed by atoms with Gasteiger partial charge in [-0.3, -0.25) is 9.78 Å². The highest BCUT2D eigenvalue weighted by molar-refractivity contribution is 5.95. The zero-order chi connectivity index (χ0) is 28.8. The minimum atomic E-state index is -0.465. The largest absolute Gasteiger partial charge is 0.490 e. The number of nitrogens with two attached hydrogens (primary N) is 2. The molecule has 7 nitrogen and oxygen atoms in total. The lowest BCUT2D eigenvalue weighted by Crippen LogP contribution is -2.46. The Bertz CT molecular complexity index is 1270. The smallest absolute Gasteiger partial charge is 0.251 e. The molecule has 2 heterocycles. The number of benzene rings is 2. The summed E-state index contributed by atoms with van der Waals surface area (Å²) in [6.45, 7) is 6.54. The molecule has 41 heavy (non-hydrogen) atoms. The Morgan fingerprint density at radius 2 is 1.76 bits per heavy atom. The minimum absolute atomic E-state index is 0.159. The van der Waals surface area contributed by atoms with Crippen LogP contribution in [0, 0.1) is 5.92 Å².